The number of thiazole rings is 1. The molecule has 142 valence electrons. The standard InChI is InChI=1S/C22H20N2O3S/c1-26-19-8-3-14(11-20(19)27-2)4-10-22-24-18(13-28-22)16-5-7-17-15(12-16)6-9-21(25)23-17/h3-5,7-8,10-13H,6,9H2,1-2H3,(H,23,25)/b10-4+. The fourth-order valence-electron chi connectivity index (χ4n) is 3.16. The maximum absolute atomic E-state index is 11.5. The van der Waals surface area contributed by atoms with Crippen LogP contribution in [0.1, 0.15) is 22.6 Å². The van der Waals surface area contributed by atoms with Crippen molar-refractivity contribution in [3.63, 3.8) is 0 Å². The first-order valence-corrected chi connectivity index (χ1v) is 9.83. The van der Waals surface area contributed by atoms with E-state index in [1.807, 2.05) is 42.5 Å². The number of rotatable bonds is 5. The van der Waals surface area contributed by atoms with Gasteiger partial charge in [0.2, 0.25) is 5.91 Å². The van der Waals surface area contributed by atoms with Crippen molar-refractivity contribution in [1.82, 2.24) is 4.98 Å². The largest absolute Gasteiger partial charge is 0.493 e. The number of aryl methyl sites for hydroxylation is 1. The first kappa shape index (κ1) is 18.3. The van der Waals surface area contributed by atoms with Crippen LogP contribution in [0.3, 0.4) is 0 Å². The number of amides is 1. The summed E-state index contributed by atoms with van der Waals surface area (Å²) in [6, 6.07) is 11.9. The minimum absolute atomic E-state index is 0.0801. The highest BCUT2D eigenvalue weighted by Crippen LogP contribution is 2.31. The zero-order valence-corrected chi connectivity index (χ0v) is 16.5. The third-order valence-electron chi connectivity index (χ3n) is 4.64. The van der Waals surface area contributed by atoms with E-state index in [2.05, 4.69) is 16.8 Å². The zero-order chi connectivity index (χ0) is 19.5. The average molecular weight is 392 g/mol. The smallest absolute Gasteiger partial charge is 0.224 e. The molecule has 3 aromatic rings. The molecule has 6 heteroatoms. The highest BCUT2D eigenvalue weighted by molar-refractivity contribution is 7.10. The van der Waals surface area contributed by atoms with Crippen molar-refractivity contribution >= 4 is 35.1 Å². The van der Waals surface area contributed by atoms with Crippen LogP contribution >= 0.6 is 11.3 Å². The molecule has 2 heterocycles. The summed E-state index contributed by atoms with van der Waals surface area (Å²) in [4.78, 5) is 16.2. The molecule has 0 spiro atoms. The number of fused-ring (bicyclic) bond motifs is 1. The quantitative estimate of drug-likeness (QED) is 0.672. The van der Waals surface area contributed by atoms with Crippen LogP contribution in [0.4, 0.5) is 5.69 Å². The number of aromatic nitrogens is 1. The van der Waals surface area contributed by atoms with Gasteiger partial charge >= 0.3 is 0 Å². The van der Waals surface area contributed by atoms with Gasteiger partial charge in [-0.2, -0.15) is 0 Å². The molecule has 0 radical (unpaired) electrons. The third kappa shape index (κ3) is 3.77. The topological polar surface area (TPSA) is 60.5 Å². The third-order valence-corrected chi connectivity index (χ3v) is 5.45. The molecular formula is C22H20N2O3S. The van der Waals surface area contributed by atoms with E-state index in [1.165, 1.54) is 0 Å². The lowest BCUT2D eigenvalue weighted by atomic mass is 9.99. The number of hydrogen-bond acceptors (Lipinski definition) is 5. The summed E-state index contributed by atoms with van der Waals surface area (Å²) < 4.78 is 10.6. The normalized spacial score (nSPS) is 13.3. The predicted molar refractivity (Wildman–Crippen MR) is 113 cm³/mol. The summed E-state index contributed by atoms with van der Waals surface area (Å²) >= 11 is 1.60. The molecule has 0 saturated heterocycles. The predicted octanol–water partition coefficient (Wildman–Crippen LogP) is 4.88. The van der Waals surface area contributed by atoms with Crippen LogP contribution in [-0.4, -0.2) is 25.1 Å². The van der Waals surface area contributed by atoms with Gasteiger partial charge in [-0.05, 0) is 47.9 Å². The van der Waals surface area contributed by atoms with Crippen molar-refractivity contribution in [2.24, 2.45) is 0 Å². The van der Waals surface area contributed by atoms with E-state index >= 15 is 0 Å². The lowest BCUT2D eigenvalue weighted by Crippen LogP contribution is -2.18. The lowest BCUT2D eigenvalue weighted by Gasteiger charge is -2.17. The number of carbonyl (C=O) groups is 1. The molecule has 1 amide bonds. The number of nitrogens with one attached hydrogen (secondary N) is 1. The zero-order valence-electron chi connectivity index (χ0n) is 15.7. The summed E-state index contributed by atoms with van der Waals surface area (Å²) in [6.45, 7) is 0. The minimum Gasteiger partial charge on any atom is -0.493 e. The maximum atomic E-state index is 11.5. The first-order valence-electron chi connectivity index (χ1n) is 8.95. The Morgan fingerprint density at radius 1 is 1.04 bits per heavy atom. The molecule has 5 nitrogen and oxygen atoms in total. The second kappa shape index (κ2) is 7.86. The molecule has 4 rings (SSSR count). The number of anilines is 1. The van der Waals surface area contributed by atoms with Gasteiger partial charge in [-0.15, -0.1) is 11.3 Å². The van der Waals surface area contributed by atoms with Gasteiger partial charge in [-0.25, -0.2) is 4.98 Å². The maximum Gasteiger partial charge on any atom is 0.224 e. The highest BCUT2D eigenvalue weighted by atomic mass is 32.1. The molecule has 0 fully saturated rings. The molecule has 1 N–H and O–H groups in total. The fraction of sp³-hybridized carbons (Fsp3) is 0.182. The van der Waals surface area contributed by atoms with Crippen molar-refractivity contribution in [3.8, 4) is 22.8 Å². The Kier molecular flexibility index (Phi) is 5.12. The first-order chi connectivity index (χ1) is 13.7. The SMILES string of the molecule is COc1ccc(/C=C/c2nc(-c3ccc4c(c3)CCC(=O)N4)cs2)cc1OC. The number of methoxy groups -OCH3 is 2. The van der Waals surface area contributed by atoms with Gasteiger partial charge in [0, 0.05) is 23.1 Å². The van der Waals surface area contributed by atoms with Crippen molar-refractivity contribution in [2.75, 3.05) is 19.5 Å². The number of hydrogen-bond donors (Lipinski definition) is 1. The van der Waals surface area contributed by atoms with Crippen LogP contribution in [0.25, 0.3) is 23.4 Å². The Balaban J connectivity index is 1.53. The van der Waals surface area contributed by atoms with Crippen LogP contribution in [0.15, 0.2) is 41.8 Å². The van der Waals surface area contributed by atoms with Crippen molar-refractivity contribution in [2.45, 2.75) is 12.8 Å². The summed E-state index contributed by atoms with van der Waals surface area (Å²) in [5.41, 5.74) is 5.09. The molecule has 28 heavy (non-hydrogen) atoms. The van der Waals surface area contributed by atoms with Gasteiger partial charge in [-0.3, -0.25) is 4.79 Å². The summed E-state index contributed by atoms with van der Waals surface area (Å²) in [6.07, 6.45) is 5.30. The second-order valence-corrected chi connectivity index (χ2v) is 7.33. The Labute approximate surface area is 167 Å². The second-order valence-electron chi connectivity index (χ2n) is 6.44. The monoisotopic (exact) mass is 392 g/mol. The van der Waals surface area contributed by atoms with Gasteiger partial charge in [0.25, 0.3) is 0 Å². The molecular weight excluding hydrogens is 372 g/mol. The molecule has 1 aliphatic heterocycles. The number of carbonyl (C=O) groups excluding carboxylic acids is 1. The Bertz CT molecular complexity index is 1060. The van der Waals surface area contributed by atoms with Crippen molar-refractivity contribution < 1.29 is 14.3 Å². The lowest BCUT2D eigenvalue weighted by molar-refractivity contribution is -0.116. The Morgan fingerprint density at radius 2 is 1.89 bits per heavy atom. The van der Waals surface area contributed by atoms with Gasteiger partial charge in [0.05, 0.1) is 19.9 Å². The molecule has 1 aliphatic rings. The van der Waals surface area contributed by atoms with Gasteiger partial charge < -0.3 is 14.8 Å². The van der Waals surface area contributed by atoms with E-state index in [9.17, 15) is 4.79 Å². The molecule has 0 bridgehead atoms. The molecule has 1 aromatic heterocycles. The summed E-state index contributed by atoms with van der Waals surface area (Å²) in [7, 11) is 3.25. The fourth-order valence-corrected chi connectivity index (χ4v) is 3.88. The van der Waals surface area contributed by atoms with Crippen LogP contribution in [-0.2, 0) is 11.2 Å². The minimum atomic E-state index is 0.0801. The molecule has 2 aromatic carbocycles. The van der Waals surface area contributed by atoms with E-state index in [0.717, 1.165) is 39.5 Å². The van der Waals surface area contributed by atoms with Crippen LogP contribution < -0.4 is 14.8 Å². The van der Waals surface area contributed by atoms with Crippen LogP contribution in [0, 0.1) is 0 Å². The van der Waals surface area contributed by atoms with E-state index in [0.29, 0.717) is 17.9 Å². The molecule has 0 unspecified atom stereocenters. The van der Waals surface area contributed by atoms with Crippen molar-refractivity contribution in [1.29, 1.82) is 0 Å². The van der Waals surface area contributed by atoms with Gasteiger partial charge in [0.15, 0.2) is 11.5 Å². The van der Waals surface area contributed by atoms with Gasteiger partial charge in [-0.1, -0.05) is 18.2 Å². The Morgan fingerprint density at radius 3 is 2.71 bits per heavy atom. The molecule has 0 atom stereocenters. The molecule has 0 saturated carbocycles. The number of benzene rings is 2. The number of ether oxygens (including phenoxy) is 2. The van der Waals surface area contributed by atoms with Crippen LogP contribution in [0.5, 0.6) is 11.5 Å². The molecule has 0 aliphatic carbocycles. The number of nitrogens with zero attached hydrogens (tertiary/aromatic N) is 1. The highest BCUT2D eigenvalue weighted by Gasteiger charge is 2.15. The van der Waals surface area contributed by atoms with E-state index in [-0.39, 0.29) is 5.91 Å². The average Bonchev–Trinajstić information content (AvgIpc) is 3.20. The van der Waals surface area contributed by atoms with Crippen molar-refractivity contribution in [3.05, 3.63) is 57.9 Å². The van der Waals surface area contributed by atoms with E-state index in [4.69, 9.17) is 14.5 Å². The van der Waals surface area contributed by atoms with Crippen LogP contribution in [0.2, 0.25) is 0 Å². The Hall–Kier alpha value is -3.12. The van der Waals surface area contributed by atoms with E-state index < -0.39 is 0 Å². The summed E-state index contributed by atoms with van der Waals surface area (Å²) in [5.74, 6) is 1.49. The van der Waals surface area contributed by atoms with Gasteiger partial charge in [0.1, 0.15) is 5.01 Å². The van der Waals surface area contributed by atoms with E-state index in [1.54, 1.807) is 25.6 Å². The summed E-state index contributed by atoms with van der Waals surface area (Å²) in [5, 5.41) is 5.89.